The topological polar surface area (TPSA) is 162 Å². The first kappa shape index (κ1) is 88.0. The number of aromatic hydroxyl groups is 4. The molecule has 0 bridgehead atoms. The van der Waals surface area contributed by atoms with Crippen molar-refractivity contribution in [2.75, 3.05) is 36.0 Å². The number of allylic oxidation sites excluding steroid dienone is 4. The molecular formula is C98H144N2O8. The predicted octanol–water partition coefficient (Wildman–Crippen LogP) is 28.0. The van der Waals surface area contributed by atoms with Crippen molar-refractivity contribution >= 4 is 58.4 Å². The Morgan fingerprint density at radius 1 is 0.287 bits per heavy atom. The van der Waals surface area contributed by atoms with E-state index in [9.17, 15) is 40.2 Å². The number of unbranched alkanes of at least 4 members (excludes halogenated alkanes) is 24. The van der Waals surface area contributed by atoms with Crippen LogP contribution in [0.2, 0.25) is 0 Å². The number of carbonyl (C=O) groups excluding carboxylic acids is 2. The third kappa shape index (κ3) is 27.7. The van der Waals surface area contributed by atoms with Crippen molar-refractivity contribution in [3.63, 3.8) is 0 Å². The van der Waals surface area contributed by atoms with Gasteiger partial charge in [-0.25, -0.2) is 0 Å². The quantitative estimate of drug-likeness (QED) is 0.0163. The maximum Gasteiger partial charge on any atom is 0.182 e. The Bertz CT molecular complexity index is 3160. The molecule has 2 unspecified atom stereocenters. The van der Waals surface area contributed by atoms with Crippen LogP contribution in [0.5, 0.6) is 23.0 Å². The molecule has 2 aliphatic carbocycles. The summed E-state index contributed by atoms with van der Waals surface area (Å²) in [5, 5.41) is 69.0. The number of carbonyl (C=O) groups is 2. The van der Waals surface area contributed by atoms with Gasteiger partial charge in [0.25, 0.3) is 0 Å². The largest absolute Gasteiger partial charge is 0.510 e. The van der Waals surface area contributed by atoms with E-state index in [2.05, 4.69) is 89.5 Å². The molecule has 2 atom stereocenters. The van der Waals surface area contributed by atoms with Crippen molar-refractivity contribution in [3.05, 3.63) is 153 Å². The molecule has 0 aromatic heterocycles. The Morgan fingerprint density at radius 2 is 0.500 bits per heavy atom. The summed E-state index contributed by atoms with van der Waals surface area (Å²) in [6.45, 7) is 22.4. The minimum absolute atomic E-state index is 0.0689. The van der Waals surface area contributed by atoms with Crippen molar-refractivity contribution in [1.82, 2.24) is 0 Å². The Kier molecular flexibility index (Phi) is 40.0. The molecule has 7 rings (SSSR count). The van der Waals surface area contributed by atoms with Crippen LogP contribution in [-0.2, 0) is 9.59 Å². The molecule has 5 aromatic carbocycles. The number of anilines is 2. The fourth-order valence-corrected chi connectivity index (χ4v) is 16.9. The third-order valence-electron chi connectivity index (χ3n) is 23.5. The number of benzene rings is 5. The molecule has 0 saturated heterocycles. The minimum Gasteiger partial charge on any atom is -0.510 e. The number of aliphatic hydroxyl groups excluding tert-OH is 2. The standard InChI is InChI=1S/C98H144N2O8/c1-9-17-25-33-41-75(42-34-26-18-10-2)69-99(70-76(43-35-27-19-11-3)44-36-28-20-12-4)83-61-57-81(58-62-83)89-95(105)93(96(89)106)91-85(101)65-79(66-86(91)102)55-53-73-49-51-74(52-50-73)54-56-80-67-87(103)92(88(104)68-80)94-97(107)90(98(94)108)82-59-63-84(64-60-82)100(71-77(45-37-29-21-13-5)46-38-30-22-14-6)72-78(47-39-31-23-15-7)48-40-32-24-16-8/h49-68,75-78,89-90,101-105,107H,9-48,69-72H2,1-8H3/b55-53+,56-54+. The second kappa shape index (κ2) is 49.1. The molecule has 5 aromatic rings. The molecule has 108 heavy (non-hydrogen) atoms. The molecule has 0 amide bonds. The van der Waals surface area contributed by atoms with Crippen molar-refractivity contribution in [3.8, 4) is 23.0 Å². The highest BCUT2D eigenvalue weighted by molar-refractivity contribution is 6.33. The van der Waals surface area contributed by atoms with E-state index in [4.69, 9.17) is 0 Å². The van der Waals surface area contributed by atoms with E-state index in [0.29, 0.717) is 45.9 Å². The monoisotopic (exact) mass is 1480 g/mol. The zero-order chi connectivity index (χ0) is 77.4. The lowest BCUT2D eigenvalue weighted by molar-refractivity contribution is -0.117. The van der Waals surface area contributed by atoms with E-state index < -0.39 is 11.8 Å². The van der Waals surface area contributed by atoms with Gasteiger partial charge in [0.2, 0.25) is 0 Å². The summed E-state index contributed by atoms with van der Waals surface area (Å²) in [5.74, 6) is -1.57. The summed E-state index contributed by atoms with van der Waals surface area (Å²) < 4.78 is 0. The number of hydrogen-bond acceptors (Lipinski definition) is 10. The second-order valence-electron chi connectivity index (χ2n) is 32.6. The lowest BCUT2D eigenvalue weighted by atomic mass is 9.74. The van der Waals surface area contributed by atoms with Gasteiger partial charge in [0.1, 0.15) is 46.4 Å². The van der Waals surface area contributed by atoms with E-state index in [1.54, 1.807) is 12.2 Å². The molecule has 0 spiro atoms. The third-order valence-corrected chi connectivity index (χ3v) is 23.5. The van der Waals surface area contributed by atoms with Gasteiger partial charge in [-0.2, -0.15) is 0 Å². The van der Waals surface area contributed by atoms with Gasteiger partial charge >= 0.3 is 0 Å². The van der Waals surface area contributed by atoms with Crippen molar-refractivity contribution in [2.24, 2.45) is 23.7 Å². The molecule has 0 radical (unpaired) electrons. The summed E-state index contributed by atoms with van der Waals surface area (Å²) in [5.41, 5.74) is 6.08. The van der Waals surface area contributed by atoms with E-state index in [0.717, 1.165) is 37.3 Å². The molecule has 2 aliphatic rings. The van der Waals surface area contributed by atoms with Crippen LogP contribution in [0.1, 0.15) is 369 Å². The Labute approximate surface area is 654 Å². The van der Waals surface area contributed by atoms with E-state index in [1.807, 2.05) is 60.7 Å². The van der Waals surface area contributed by atoms with Gasteiger partial charge < -0.3 is 40.4 Å². The summed E-state index contributed by atoms with van der Waals surface area (Å²) >= 11 is 0. The molecule has 0 aliphatic heterocycles. The van der Waals surface area contributed by atoms with Crippen LogP contribution in [0.3, 0.4) is 0 Å². The maximum atomic E-state index is 14.1. The molecule has 10 nitrogen and oxygen atoms in total. The smallest absolute Gasteiger partial charge is 0.182 e. The van der Waals surface area contributed by atoms with Crippen molar-refractivity contribution in [2.45, 2.75) is 324 Å². The van der Waals surface area contributed by atoms with E-state index in [1.165, 1.54) is 292 Å². The van der Waals surface area contributed by atoms with Gasteiger partial charge in [0.05, 0.1) is 22.3 Å². The van der Waals surface area contributed by atoms with E-state index in [-0.39, 0.29) is 68.4 Å². The molecule has 0 fully saturated rings. The van der Waals surface area contributed by atoms with Crippen LogP contribution in [-0.4, -0.2) is 68.4 Å². The molecule has 0 saturated carbocycles. The average Bonchev–Trinajstić information content (AvgIpc) is 0.743. The van der Waals surface area contributed by atoms with Crippen LogP contribution < -0.4 is 9.80 Å². The summed E-state index contributed by atoms with van der Waals surface area (Å²) in [6, 6.07) is 30.1. The van der Waals surface area contributed by atoms with Gasteiger partial charge in [0.15, 0.2) is 11.6 Å². The fraction of sp³-hybridized carbons (Fsp3) is 0.592. The zero-order valence-electron chi connectivity index (χ0n) is 68.5. The Morgan fingerprint density at radius 3 is 0.704 bits per heavy atom. The molecular weight excluding hydrogens is 1330 g/mol. The normalized spacial score (nSPS) is 14.7. The number of phenolic OH excluding ortho intramolecular Hbond substituents is 4. The minimum atomic E-state index is -0.887. The second-order valence-corrected chi connectivity index (χ2v) is 32.6. The van der Waals surface area contributed by atoms with Crippen molar-refractivity contribution < 1.29 is 40.2 Å². The lowest BCUT2D eigenvalue weighted by Gasteiger charge is -2.34. The van der Waals surface area contributed by atoms with Crippen LogP contribution in [0, 0.1) is 23.7 Å². The highest BCUT2D eigenvalue weighted by Crippen LogP contribution is 2.51. The molecule has 0 heterocycles. The molecule has 6 N–H and O–H groups in total. The highest BCUT2D eigenvalue weighted by Gasteiger charge is 2.45. The first-order valence-electron chi connectivity index (χ1n) is 43.8. The van der Waals surface area contributed by atoms with Gasteiger partial charge in [-0.05, 0) is 157 Å². The summed E-state index contributed by atoms with van der Waals surface area (Å²) in [6.07, 6.45) is 57.8. The van der Waals surface area contributed by atoms with Gasteiger partial charge in [-0.1, -0.05) is 334 Å². The fourth-order valence-electron chi connectivity index (χ4n) is 16.9. The number of rotatable bonds is 58. The van der Waals surface area contributed by atoms with Crippen LogP contribution in [0.4, 0.5) is 11.4 Å². The first-order valence-corrected chi connectivity index (χ1v) is 43.8. The number of nitrogens with zero attached hydrogens (tertiary/aromatic N) is 2. The number of Topliss-reactive ketones (excluding diaryl/α,β-unsaturated/α-hetero) is 2. The summed E-state index contributed by atoms with van der Waals surface area (Å²) in [4.78, 5) is 33.6. The number of phenols is 4. The number of aliphatic hydroxyl groups is 2. The van der Waals surface area contributed by atoms with Gasteiger partial charge in [0, 0.05) is 37.6 Å². The SMILES string of the molecule is CCCCCCC(CCCCCC)CN(CC(CCCCCC)CCCCCC)c1ccc(C2C(=O)C(c3c(O)cc(/C=C/c4ccc(/C=C/c5cc(O)c(C6=C(O)C(c7ccc(N(CC(CCCCCC)CCCCCC)CC(CCCCCC)CCCCCC)cc7)C6=O)c(O)c5)cc4)cc3O)=C2O)cc1. The predicted molar refractivity (Wildman–Crippen MR) is 460 cm³/mol. The Balaban J connectivity index is 1.01. The molecule has 10 heteroatoms. The average molecular weight is 1480 g/mol. The Hall–Kier alpha value is -7.20. The van der Waals surface area contributed by atoms with Crippen LogP contribution in [0.15, 0.2) is 109 Å². The molecule has 594 valence electrons. The lowest BCUT2D eigenvalue weighted by Crippen LogP contribution is -2.34. The highest BCUT2D eigenvalue weighted by atomic mass is 16.3. The van der Waals surface area contributed by atoms with Gasteiger partial charge in [-0.3, -0.25) is 9.59 Å². The number of hydrogen-bond donors (Lipinski definition) is 6. The number of ketones is 2. The van der Waals surface area contributed by atoms with Gasteiger partial charge in [-0.15, -0.1) is 0 Å². The van der Waals surface area contributed by atoms with E-state index >= 15 is 0 Å². The van der Waals surface area contributed by atoms with Crippen LogP contribution >= 0.6 is 0 Å². The maximum absolute atomic E-state index is 14.1. The van der Waals surface area contributed by atoms with Crippen molar-refractivity contribution in [1.29, 1.82) is 0 Å². The van der Waals surface area contributed by atoms with Crippen LogP contribution in [0.25, 0.3) is 35.5 Å². The zero-order valence-corrected chi connectivity index (χ0v) is 68.5. The summed E-state index contributed by atoms with van der Waals surface area (Å²) in [7, 11) is 0. The first-order chi connectivity index (χ1) is 52.6.